The number of benzene rings is 2. The highest BCUT2D eigenvalue weighted by Crippen LogP contribution is 2.11. The minimum absolute atomic E-state index is 0.0360. The van der Waals surface area contributed by atoms with Crippen molar-refractivity contribution >= 4 is 10.0 Å². The highest BCUT2D eigenvalue weighted by Gasteiger charge is 2.13. The molecule has 0 saturated heterocycles. The Morgan fingerprint density at radius 3 is 2.35 bits per heavy atom. The lowest BCUT2D eigenvalue weighted by atomic mass is 10.1. The number of hydrogen-bond donors (Lipinski definition) is 2. The number of rotatable bonds is 5. The number of nitrogens with two attached hydrogens (primary N) is 1. The number of nitrogens with one attached hydrogen (secondary N) is 1. The van der Waals surface area contributed by atoms with Gasteiger partial charge in [-0.25, -0.2) is 17.5 Å². The van der Waals surface area contributed by atoms with Gasteiger partial charge in [-0.3, -0.25) is 0 Å². The average molecular weight is 294 g/mol. The summed E-state index contributed by atoms with van der Waals surface area (Å²) in [6.07, 6.45) is 0. The topological polar surface area (TPSA) is 72.2 Å². The Morgan fingerprint density at radius 1 is 1.05 bits per heavy atom. The van der Waals surface area contributed by atoms with Gasteiger partial charge in [0.05, 0.1) is 4.90 Å². The van der Waals surface area contributed by atoms with Crippen LogP contribution in [0.15, 0.2) is 53.4 Å². The molecule has 0 aliphatic rings. The largest absolute Gasteiger partial charge is 0.326 e. The first kappa shape index (κ1) is 14.6. The zero-order chi connectivity index (χ0) is 14.6. The molecular weight excluding hydrogens is 279 g/mol. The maximum absolute atomic E-state index is 12.8. The van der Waals surface area contributed by atoms with Gasteiger partial charge in [0.2, 0.25) is 10.0 Å². The standard InChI is InChI=1S/C14H15FN2O2S/c15-13-4-6-14(7-5-13)20(18,19)17-10-12-3-1-2-11(8-12)9-16/h1-8,17H,9-10,16H2. The van der Waals surface area contributed by atoms with Crippen molar-refractivity contribution in [2.24, 2.45) is 5.73 Å². The van der Waals surface area contributed by atoms with Crippen LogP contribution in [-0.4, -0.2) is 8.42 Å². The van der Waals surface area contributed by atoms with E-state index in [-0.39, 0.29) is 11.4 Å². The molecule has 0 atom stereocenters. The summed E-state index contributed by atoms with van der Waals surface area (Å²) in [7, 11) is -3.64. The molecule has 0 amide bonds. The molecule has 0 bridgehead atoms. The molecule has 0 heterocycles. The Hall–Kier alpha value is -1.76. The van der Waals surface area contributed by atoms with E-state index in [9.17, 15) is 12.8 Å². The highest BCUT2D eigenvalue weighted by atomic mass is 32.2. The second-order valence-electron chi connectivity index (χ2n) is 4.30. The summed E-state index contributed by atoms with van der Waals surface area (Å²) in [5.41, 5.74) is 7.28. The fraction of sp³-hybridized carbons (Fsp3) is 0.143. The van der Waals surface area contributed by atoms with E-state index in [0.29, 0.717) is 6.54 Å². The van der Waals surface area contributed by atoms with Crippen LogP contribution in [0.1, 0.15) is 11.1 Å². The molecule has 0 radical (unpaired) electrons. The van der Waals surface area contributed by atoms with E-state index in [0.717, 1.165) is 23.3 Å². The molecule has 106 valence electrons. The van der Waals surface area contributed by atoms with Crippen molar-refractivity contribution in [2.45, 2.75) is 18.0 Å². The lowest BCUT2D eigenvalue weighted by Gasteiger charge is -2.08. The lowest BCUT2D eigenvalue weighted by Crippen LogP contribution is -2.23. The summed E-state index contributed by atoms with van der Waals surface area (Å²) in [6, 6.07) is 12.0. The van der Waals surface area contributed by atoms with Crippen LogP contribution >= 0.6 is 0 Å². The molecule has 0 aromatic heterocycles. The fourth-order valence-electron chi connectivity index (χ4n) is 1.74. The van der Waals surface area contributed by atoms with Crippen molar-refractivity contribution in [1.82, 2.24) is 4.72 Å². The molecule has 0 unspecified atom stereocenters. The van der Waals surface area contributed by atoms with E-state index < -0.39 is 15.8 Å². The molecular formula is C14H15FN2O2S. The number of sulfonamides is 1. The van der Waals surface area contributed by atoms with Crippen LogP contribution < -0.4 is 10.5 Å². The van der Waals surface area contributed by atoms with E-state index in [1.165, 1.54) is 12.1 Å². The normalized spacial score (nSPS) is 11.5. The maximum Gasteiger partial charge on any atom is 0.240 e. The van der Waals surface area contributed by atoms with Gasteiger partial charge in [-0.15, -0.1) is 0 Å². The van der Waals surface area contributed by atoms with Gasteiger partial charge in [0.15, 0.2) is 0 Å². The maximum atomic E-state index is 12.8. The van der Waals surface area contributed by atoms with Crippen molar-refractivity contribution in [1.29, 1.82) is 0 Å². The summed E-state index contributed by atoms with van der Waals surface area (Å²) >= 11 is 0. The Kier molecular flexibility index (Phi) is 4.49. The quantitative estimate of drug-likeness (QED) is 0.882. The Labute approximate surface area is 117 Å². The summed E-state index contributed by atoms with van der Waals surface area (Å²) < 4.78 is 39.3. The van der Waals surface area contributed by atoms with Crippen LogP contribution in [0.5, 0.6) is 0 Å². The van der Waals surface area contributed by atoms with Gasteiger partial charge in [-0.1, -0.05) is 24.3 Å². The molecule has 0 fully saturated rings. The van der Waals surface area contributed by atoms with E-state index in [1.54, 1.807) is 0 Å². The minimum Gasteiger partial charge on any atom is -0.326 e. The van der Waals surface area contributed by atoms with Gasteiger partial charge >= 0.3 is 0 Å². The molecule has 2 rings (SSSR count). The van der Waals surface area contributed by atoms with Gasteiger partial charge in [-0.2, -0.15) is 0 Å². The van der Waals surface area contributed by atoms with Crippen LogP contribution in [0.4, 0.5) is 4.39 Å². The third kappa shape index (κ3) is 3.63. The van der Waals surface area contributed by atoms with Crippen LogP contribution in [0.25, 0.3) is 0 Å². The zero-order valence-electron chi connectivity index (χ0n) is 10.7. The molecule has 20 heavy (non-hydrogen) atoms. The molecule has 4 nitrogen and oxygen atoms in total. The smallest absolute Gasteiger partial charge is 0.240 e. The Balaban J connectivity index is 2.10. The molecule has 0 spiro atoms. The van der Waals surface area contributed by atoms with Crippen LogP contribution in [-0.2, 0) is 23.1 Å². The first-order valence-electron chi connectivity index (χ1n) is 6.04. The van der Waals surface area contributed by atoms with Gasteiger partial charge in [-0.05, 0) is 35.4 Å². The Morgan fingerprint density at radius 2 is 1.70 bits per heavy atom. The summed E-state index contributed by atoms with van der Waals surface area (Å²) in [5, 5.41) is 0. The second-order valence-corrected chi connectivity index (χ2v) is 6.07. The van der Waals surface area contributed by atoms with Gasteiger partial charge < -0.3 is 5.73 Å². The van der Waals surface area contributed by atoms with Crippen molar-refractivity contribution < 1.29 is 12.8 Å². The monoisotopic (exact) mass is 294 g/mol. The van der Waals surface area contributed by atoms with E-state index in [1.807, 2.05) is 24.3 Å². The van der Waals surface area contributed by atoms with E-state index in [4.69, 9.17) is 5.73 Å². The minimum atomic E-state index is -3.64. The highest BCUT2D eigenvalue weighted by molar-refractivity contribution is 7.89. The molecule has 2 aromatic rings. The zero-order valence-corrected chi connectivity index (χ0v) is 11.5. The van der Waals surface area contributed by atoms with Crippen LogP contribution in [0, 0.1) is 5.82 Å². The molecule has 3 N–H and O–H groups in total. The second kappa shape index (κ2) is 6.13. The third-order valence-corrected chi connectivity index (χ3v) is 4.23. The van der Waals surface area contributed by atoms with E-state index in [2.05, 4.69) is 4.72 Å². The average Bonchev–Trinajstić information content (AvgIpc) is 2.46. The van der Waals surface area contributed by atoms with E-state index >= 15 is 0 Å². The van der Waals surface area contributed by atoms with Crippen LogP contribution in [0.3, 0.4) is 0 Å². The summed E-state index contributed by atoms with van der Waals surface area (Å²) in [4.78, 5) is 0.0360. The first-order valence-corrected chi connectivity index (χ1v) is 7.53. The molecule has 0 aliphatic heterocycles. The third-order valence-electron chi connectivity index (χ3n) is 2.82. The van der Waals surface area contributed by atoms with Gasteiger partial charge in [0.1, 0.15) is 5.82 Å². The van der Waals surface area contributed by atoms with Gasteiger partial charge in [0.25, 0.3) is 0 Å². The predicted molar refractivity (Wildman–Crippen MR) is 74.8 cm³/mol. The fourth-order valence-corrected chi connectivity index (χ4v) is 2.76. The predicted octanol–water partition coefficient (Wildman–Crippen LogP) is 1.76. The SMILES string of the molecule is NCc1cccc(CNS(=O)(=O)c2ccc(F)cc2)c1. The van der Waals surface area contributed by atoms with Crippen molar-refractivity contribution in [3.8, 4) is 0 Å². The molecule has 2 aromatic carbocycles. The summed E-state index contributed by atoms with van der Waals surface area (Å²) in [5.74, 6) is -0.473. The molecule has 6 heteroatoms. The van der Waals surface area contributed by atoms with Crippen LogP contribution in [0.2, 0.25) is 0 Å². The van der Waals surface area contributed by atoms with Gasteiger partial charge in [0, 0.05) is 13.1 Å². The summed E-state index contributed by atoms with van der Waals surface area (Å²) in [6.45, 7) is 0.562. The number of hydrogen-bond acceptors (Lipinski definition) is 3. The molecule has 0 aliphatic carbocycles. The number of halogens is 1. The first-order chi connectivity index (χ1) is 9.51. The Bertz CT molecular complexity index is 685. The van der Waals surface area contributed by atoms with Crippen molar-refractivity contribution in [2.75, 3.05) is 0 Å². The van der Waals surface area contributed by atoms with Crippen molar-refractivity contribution in [3.63, 3.8) is 0 Å². The lowest BCUT2D eigenvalue weighted by molar-refractivity contribution is 0.580. The van der Waals surface area contributed by atoms with Crippen molar-refractivity contribution in [3.05, 3.63) is 65.5 Å². The molecule has 0 saturated carbocycles.